The van der Waals surface area contributed by atoms with E-state index in [0.29, 0.717) is 0 Å². The molecule has 0 saturated heterocycles. The van der Waals surface area contributed by atoms with Crippen molar-refractivity contribution >= 4 is 0 Å². The molecule has 1 aliphatic carbocycles. The summed E-state index contributed by atoms with van der Waals surface area (Å²) in [5.41, 5.74) is 5.44. The van der Waals surface area contributed by atoms with Crippen LogP contribution in [0.15, 0.2) is 46.2 Å². The minimum Gasteiger partial charge on any atom is -0.367 e. The molecule has 19 heavy (non-hydrogen) atoms. The third kappa shape index (κ3) is 1.98. The van der Waals surface area contributed by atoms with E-state index >= 15 is 0 Å². The molecule has 3 aliphatic rings. The van der Waals surface area contributed by atoms with Gasteiger partial charge >= 0.3 is 0 Å². The Labute approximate surface area is 113 Å². The van der Waals surface area contributed by atoms with Gasteiger partial charge in [-0.15, -0.1) is 0 Å². The summed E-state index contributed by atoms with van der Waals surface area (Å²) < 4.78 is 0. The van der Waals surface area contributed by atoms with E-state index in [2.05, 4.69) is 17.1 Å². The van der Waals surface area contributed by atoms with E-state index < -0.39 is 0 Å². The molecule has 94 valence electrons. The summed E-state index contributed by atoms with van der Waals surface area (Å²) in [7, 11) is 0. The van der Waals surface area contributed by atoms with Crippen LogP contribution >= 0.6 is 0 Å². The van der Waals surface area contributed by atoms with Gasteiger partial charge in [0.05, 0.1) is 0 Å². The number of nitrogens with zero attached hydrogens (tertiary/aromatic N) is 3. The summed E-state index contributed by atoms with van der Waals surface area (Å²) in [5, 5.41) is 17.8. The van der Waals surface area contributed by atoms with E-state index in [-0.39, 0.29) is 5.57 Å². The third-order valence-electron chi connectivity index (χ3n) is 3.99. The zero-order valence-electron chi connectivity index (χ0n) is 10.8. The van der Waals surface area contributed by atoms with E-state index in [1.807, 2.05) is 12.1 Å². The average Bonchev–Trinajstić information content (AvgIpc) is 2.47. The Morgan fingerprint density at radius 2 is 2.05 bits per heavy atom. The normalized spacial score (nSPS) is 20.6. The predicted molar refractivity (Wildman–Crippen MR) is 72.5 cm³/mol. The Kier molecular flexibility index (Phi) is 2.97. The molecule has 0 aromatic carbocycles. The molecule has 2 heterocycles. The van der Waals surface area contributed by atoms with Crippen molar-refractivity contribution in [2.75, 3.05) is 13.1 Å². The number of allylic oxidation sites excluding steroid dienone is 5. The second-order valence-corrected chi connectivity index (χ2v) is 5.09. The summed E-state index contributed by atoms with van der Waals surface area (Å²) >= 11 is 0. The molecule has 3 heteroatoms. The highest BCUT2D eigenvalue weighted by Gasteiger charge is 2.28. The maximum absolute atomic E-state index is 8.91. The molecule has 2 aliphatic heterocycles. The lowest BCUT2D eigenvalue weighted by Crippen LogP contribution is -2.33. The molecule has 0 bridgehead atoms. The molecule has 0 N–H and O–H groups in total. The van der Waals surface area contributed by atoms with Crippen LogP contribution in [0.3, 0.4) is 0 Å². The fourth-order valence-corrected chi connectivity index (χ4v) is 3.17. The third-order valence-corrected chi connectivity index (χ3v) is 3.99. The molecular weight excluding hydrogens is 234 g/mol. The van der Waals surface area contributed by atoms with Gasteiger partial charge in [0.15, 0.2) is 0 Å². The van der Waals surface area contributed by atoms with Gasteiger partial charge in [-0.25, -0.2) is 0 Å². The Bertz CT molecular complexity index is 601. The molecule has 0 unspecified atom stereocenters. The van der Waals surface area contributed by atoms with Crippen molar-refractivity contribution in [2.24, 2.45) is 0 Å². The summed E-state index contributed by atoms with van der Waals surface area (Å²) in [4.78, 5) is 2.43. The molecular formula is C16H15N3. The Morgan fingerprint density at radius 3 is 2.84 bits per heavy atom. The SMILES string of the molecule is N#CC(C#N)=CC1=CCN2CCC=C3CCCC1=C32. The first-order valence-corrected chi connectivity index (χ1v) is 6.73. The Hall–Kier alpha value is -2.26. The fraction of sp³-hybridized carbons (Fsp3) is 0.375. The lowest BCUT2D eigenvalue weighted by atomic mass is 9.82. The van der Waals surface area contributed by atoms with Crippen LogP contribution in [0.4, 0.5) is 0 Å². The molecule has 0 aromatic heterocycles. The summed E-state index contributed by atoms with van der Waals surface area (Å²) in [5.74, 6) is 0. The number of rotatable bonds is 1. The van der Waals surface area contributed by atoms with E-state index in [1.165, 1.54) is 16.8 Å². The van der Waals surface area contributed by atoms with Crippen molar-refractivity contribution < 1.29 is 0 Å². The second kappa shape index (κ2) is 4.78. The van der Waals surface area contributed by atoms with Gasteiger partial charge in [0, 0.05) is 18.8 Å². The molecule has 3 rings (SSSR count). The van der Waals surface area contributed by atoms with Gasteiger partial charge in [-0.3, -0.25) is 0 Å². The molecule has 0 radical (unpaired) electrons. The first-order valence-electron chi connectivity index (χ1n) is 6.73. The molecule has 3 nitrogen and oxygen atoms in total. The maximum Gasteiger partial charge on any atom is 0.130 e. The number of hydrogen-bond acceptors (Lipinski definition) is 3. The molecule has 0 atom stereocenters. The zero-order valence-corrected chi connectivity index (χ0v) is 10.8. The summed E-state index contributed by atoms with van der Waals surface area (Å²) in [6.07, 6.45) is 10.8. The van der Waals surface area contributed by atoms with Crippen LogP contribution in [-0.4, -0.2) is 18.0 Å². The minimum atomic E-state index is 0.194. The van der Waals surface area contributed by atoms with Crippen LogP contribution in [0.25, 0.3) is 0 Å². The van der Waals surface area contributed by atoms with E-state index in [1.54, 1.807) is 6.08 Å². The van der Waals surface area contributed by atoms with Crippen LogP contribution in [0.5, 0.6) is 0 Å². The van der Waals surface area contributed by atoms with Crippen molar-refractivity contribution in [2.45, 2.75) is 25.7 Å². The van der Waals surface area contributed by atoms with Gasteiger partial charge in [-0.05, 0) is 48.5 Å². The van der Waals surface area contributed by atoms with Crippen molar-refractivity contribution in [3.8, 4) is 12.1 Å². The lowest BCUT2D eigenvalue weighted by Gasteiger charge is -2.39. The standard InChI is InChI=1S/C16H15N3/c17-10-12(11-18)9-14-6-8-19-7-2-4-13-3-1-5-15(14)16(13)19/h4,6,9H,1-3,5,7-8H2. The quantitative estimate of drug-likeness (QED) is 0.671. The topological polar surface area (TPSA) is 50.8 Å². The van der Waals surface area contributed by atoms with Crippen LogP contribution < -0.4 is 0 Å². The van der Waals surface area contributed by atoms with Gasteiger partial charge in [-0.2, -0.15) is 10.5 Å². The van der Waals surface area contributed by atoms with E-state index in [4.69, 9.17) is 10.5 Å². The van der Waals surface area contributed by atoms with Gasteiger partial charge in [0.25, 0.3) is 0 Å². The van der Waals surface area contributed by atoms with Crippen LogP contribution in [0, 0.1) is 22.7 Å². The maximum atomic E-state index is 8.91. The zero-order chi connectivity index (χ0) is 13.2. The van der Waals surface area contributed by atoms with Crippen LogP contribution in [0.1, 0.15) is 25.7 Å². The summed E-state index contributed by atoms with van der Waals surface area (Å²) in [6, 6.07) is 3.91. The molecule has 0 fully saturated rings. The second-order valence-electron chi connectivity index (χ2n) is 5.09. The van der Waals surface area contributed by atoms with Crippen molar-refractivity contribution in [3.05, 3.63) is 46.2 Å². The average molecular weight is 249 g/mol. The minimum absolute atomic E-state index is 0.194. The predicted octanol–water partition coefficient (Wildman–Crippen LogP) is 2.97. The first-order chi connectivity index (χ1) is 9.33. The highest BCUT2D eigenvalue weighted by Crippen LogP contribution is 2.40. The van der Waals surface area contributed by atoms with Crippen LogP contribution in [-0.2, 0) is 0 Å². The van der Waals surface area contributed by atoms with Gasteiger partial charge in [0.1, 0.15) is 17.7 Å². The largest absolute Gasteiger partial charge is 0.367 e. The molecule has 0 spiro atoms. The Balaban J connectivity index is 2.06. The van der Waals surface area contributed by atoms with Crippen molar-refractivity contribution in [1.29, 1.82) is 10.5 Å². The van der Waals surface area contributed by atoms with Gasteiger partial charge in [-0.1, -0.05) is 12.2 Å². The smallest absolute Gasteiger partial charge is 0.130 e. The van der Waals surface area contributed by atoms with Crippen LogP contribution in [0.2, 0.25) is 0 Å². The number of nitriles is 2. The highest BCUT2D eigenvalue weighted by atomic mass is 15.1. The molecule has 0 aromatic rings. The van der Waals surface area contributed by atoms with Gasteiger partial charge in [0.2, 0.25) is 0 Å². The fourth-order valence-electron chi connectivity index (χ4n) is 3.17. The highest BCUT2D eigenvalue weighted by molar-refractivity contribution is 5.56. The summed E-state index contributed by atoms with van der Waals surface area (Å²) in [6.45, 7) is 1.98. The lowest BCUT2D eigenvalue weighted by molar-refractivity contribution is 0.360. The van der Waals surface area contributed by atoms with E-state index in [9.17, 15) is 0 Å². The Morgan fingerprint density at radius 1 is 1.21 bits per heavy atom. The van der Waals surface area contributed by atoms with Crippen molar-refractivity contribution in [1.82, 2.24) is 4.90 Å². The van der Waals surface area contributed by atoms with Gasteiger partial charge < -0.3 is 4.90 Å². The first kappa shape index (κ1) is 11.8. The van der Waals surface area contributed by atoms with E-state index in [0.717, 1.165) is 44.3 Å². The molecule has 0 amide bonds. The van der Waals surface area contributed by atoms with Crippen molar-refractivity contribution in [3.63, 3.8) is 0 Å². The monoisotopic (exact) mass is 249 g/mol. The molecule has 0 saturated carbocycles. The number of hydrogen-bond donors (Lipinski definition) is 0.